The Labute approximate surface area is 91.3 Å². The van der Waals surface area contributed by atoms with E-state index < -0.39 is 26.7 Å². The molecule has 0 saturated heterocycles. The van der Waals surface area contributed by atoms with Crippen LogP contribution in [-0.4, -0.2) is 39.0 Å². The van der Waals surface area contributed by atoms with Gasteiger partial charge in [-0.05, 0) is 19.8 Å². The molecule has 0 saturated carbocycles. The summed E-state index contributed by atoms with van der Waals surface area (Å²) in [4.78, 5) is 11.3. The second-order valence-electron chi connectivity index (χ2n) is 4.10. The molecule has 0 heterocycles. The number of rotatable bonds is 6. The average Bonchev–Trinajstić information content (AvgIpc) is 2.11. The van der Waals surface area contributed by atoms with Gasteiger partial charge in [0.2, 0.25) is 0 Å². The highest BCUT2D eigenvalue weighted by Gasteiger charge is 2.52. The molecule has 0 aliphatic rings. The molecule has 6 heteroatoms. The first kappa shape index (κ1) is 14.5. The highest BCUT2D eigenvalue weighted by atomic mass is 31.1. The van der Waals surface area contributed by atoms with Gasteiger partial charge in [-0.2, -0.15) is 0 Å². The van der Waals surface area contributed by atoms with Crippen molar-refractivity contribution in [3.63, 3.8) is 0 Å². The molecule has 0 aromatic rings. The van der Waals surface area contributed by atoms with Gasteiger partial charge >= 0.3 is 14.6 Å². The molecule has 0 fully saturated rings. The van der Waals surface area contributed by atoms with Crippen molar-refractivity contribution < 1.29 is 19.6 Å². The number of hydrogen-bond donors (Lipinski definition) is 2. The van der Waals surface area contributed by atoms with Crippen LogP contribution in [0.2, 0.25) is 0 Å². The van der Waals surface area contributed by atoms with Crippen molar-refractivity contribution in [2.75, 3.05) is 6.61 Å². The number of carboxylic acids is 1. The second kappa shape index (κ2) is 5.54. The minimum absolute atomic E-state index is 0.202. The summed E-state index contributed by atoms with van der Waals surface area (Å²) in [6.07, 6.45) is 0. The first-order valence-corrected chi connectivity index (χ1v) is 5.71. The van der Waals surface area contributed by atoms with Crippen molar-refractivity contribution in [1.29, 1.82) is 0 Å². The van der Waals surface area contributed by atoms with Crippen LogP contribution in [0, 0.1) is 5.92 Å². The summed E-state index contributed by atoms with van der Waals surface area (Å²) in [6, 6.07) is -0.202. The number of aliphatic carboxylic acids is 1. The van der Waals surface area contributed by atoms with Crippen LogP contribution in [-0.2, 0) is 9.36 Å². The van der Waals surface area contributed by atoms with Crippen LogP contribution in [0.1, 0.15) is 27.7 Å². The summed E-state index contributed by atoms with van der Waals surface area (Å²) in [5, 5.41) is 18.5. The minimum atomic E-state index is -1.46. The van der Waals surface area contributed by atoms with Gasteiger partial charge in [-0.3, -0.25) is 0 Å². The summed E-state index contributed by atoms with van der Waals surface area (Å²) >= 11 is 0. The Hall–Kier alpha value is -0.510. The maximum atomic E-state index is 11.3. The Morgan fingerprint density at radius 1 is 1.40 bits per heavy atom. The van der Waals surface area contributed by atoms with Gasteiger partial charge in [-0.1, -0.05) is 23.1 Å². The van der Waals surface area contributed by atoms with E-state index in [1.165, 1.54) is 4.67 Å². The third-order valence-electron chi connectivity index (χ3n) is 2.61. The summed E-state index contributed by atoms with van der Waals surface area (Å²) in [6.45, 7) is 6.34. The molecule has 0 aromatic heterocycles. The van der Waals surface area contributed by atoms with Gasteiger partial charge in [-0.25, -0.2) is 4.79 Å². The van der Waals surface area contributed by atoms with Crippen molar-refractivity contribution in [1.82, 2.24) is 4.67 Å². The van der Waals surface area contributed by atoms with Gasteiger partial charge in [0.1, 0.15) is 0 Å². The van der Waals surface area contributed by atoms with E-state index in [9.17, 15) is 19.6 Å². The summed E-state index contributed by atoms with van der Waals surface area (Å²) < 4.78 is 12.4. The lowest BCUT2D eigenvalue weighted by molar-refractivity contribution is -0.155. The second-order valence-corrected chi connectivity index (χ2v) is 4.76. The van der Waals surface area contributed by atoms with Crippen LogP contribution < -0.4 is 0 Å². The predicted octanol–water partition coefficient (Wildman–Crippen LogP) is 1.11. The van der Waals surface area contributed by atoms with Crippen LogP contribution >= 0.6 is 8.61 Å². The smallest absolute Gasteiger partial charge is 0.422 e. The Morgan fingerprint density at radius 2 is 1.87 bits per heavy atom. The lowest BCUT2D eigenvalue weighted by Crippen LogP contribution is -2.59. The van der Waals surface area contributed by atoms with Crippen LogP contribution in [0.4, 0.5) is 0 Å². The molecule has 5 nitrogen and oxygen atoms in total. The van der Waals surface area contributed by atoms with Crippen molar-refractivity contribution >= 4 is 14.6 Å². The monoisotopic (exact) mass is 236 g/mol. The molecule has 0 aliphatic heterocycles. The number of carboxylic acid groups (broad SMARTS) is 1. The molecule has 0 radical (unpaired) electrons. The van der Waals surface area contributed by atoms with Crippen molar-refractivity contribution in [3.05, 3.63) is 0 Å². The first-order valence-electron chi connectivity index (χ1n) is 4.86. The molecular formula is C9H19NO4P+. The largest absolute Gasteiger partial charge is 0.480 e. The van der Waals surface area contributed by atoms with Crippen molar-refractivity contribution in [3.8, 4) is 0 Å². The van der Waals surface area contributed by atoms with Gasteiger partial charge in [0.25, 0.3) is 0 Å². The van der Waals surface area contributed by atoms with Crippen LogP contribution in [0.15, 0.2) is 0 Å². The number of nitrogens with zero attached hydrogens (tertiary/aromatic N) is 1. The summed E-state index contributed by atoms with van der Waals surface area (Å²) in [5.74, 6) is -1.47. The average molecular weight is 236 g/mol. The molecule has 0 aromatic carbocycles. The Morgan fingerprint density at radius 3 is 1.93 bits per heavy atom. The fraction of sp³-hybridized carbons (Fsp3) is 0.889. The quantitative estimate of drug-likeness (QED) is 0.675. The number of aliphatic hydroxyl groups excluding tert-OH is 1. The number of aliphatic hydroxyl groups is 1. The zero-order chi connectivity index (χ0) is 12.2. The topological polar surface area (TPSA) is 77.8 Å². The third-order valence-corrected chi connectivity index (χ3v) is 3.72. The van der Waals surface area contributed by atoms with Gasteiger partial charge in [0.05, 0.1) is 12.6 Å². The fourth-order valence-corrected chi connectivity index (χ4v) is 2.40. The zero-order valence-corrected chi connectivity index (χ0v) is 10.5. The standard InChI is InChI=1S/C9H18NO4P/c1-6(2)9(5-11,8(12)13)10(15-14)7(3)4/h6-7,11H,5H2,1-4H3,(H,12,13)/p+1. The van der Waals surface area contributed by atoms with E-state index in [0.717, 1.165) is 0 Å². The van der Waals surface area contributed by atoms with E-state index in [4.69, 9.17) is 0 Å². The van der Waals surface area contributed by atoms with Crippen LogP contribution in [0.3, 0.4) is 0 Å². The minimum Gasteiger partial charge on any atom is -0.480 e. The molecule has 0 spiro atoms. The Bertz CT molecular complexity index is 244. The third kappa shape index (κ3) is 2.54. The van der Waals surface area contributed by atoms with E-state index in [-0.39, 0.29) is 12.0 Å². The number of carbonyl (C=O) groups is 1. The van der Waals surface area contributed by atoms with Gasteiger partial charge in [-0.15, -0.1) is 0 Å². The van der Waals surface area contributed by atoms with E-state index in [1.807, 2.05) is 0 Å². The fourth-order valence-electron chi connectivity index (χ4n) is 1.60. The van der Waals surface area contributed by atoms with E-state index in [0.29, 0.717) is 0 Å². The molecule has 2 N–H and O–H groups in total. The Kier molecular flexibility index (Phi) is 5.35. The molecule has 0 rings (SSSR count). The summed E-state index contributed by atoms with van der Waals surface area (Å²) in [5.41, 5.74) is -1.46. The van der Waals surface area contributed by atoms with E-state index in [1.54, 1.807) is 27.7 Å². The van der Waals surface area contributed by atoms with E-state index >= 15 is 0 Å². The van der Waals surface area contributed by atoms with Crippen LogP contribution in [0.5, 0.6) is 0 Å². The molecule has 0 bridgehead atoms. The molecule has 2 atom stereocenters. The molecule has 0 aliphatic carbocycles. The normalized spacial score (nSPS) is 16.3. The van der Waals surface area contributed by atoms with E-state index in [2.05, 4.69) is 0 Å². The highest BCUT2D eigenvalue weighted by molar-refractivity contribution is 7.20. The predicted molar refractivity (Wildman–Crippen MR) is 58.3 cm³/mol. The molecular weight excluding hydrogens is 217 g/mol. The lowest BCUT2D eigenvalue weighted by atomic mass is 9.86. The highest BCUT2D eigenvalue weighted by Crippen LogP contribution is 2.32. The van der Waals surface area contributed by atoms with Gasteiger partial charge in [0, 0.05) is 0 Å². The first-order chi connectivity index (χ1) is 6.84. The van der Waals surface area contributed by atoms with Crippen molar-refractivity contribution in [2.45, 2.75) is 39.3 Å². The zero-order valence-electron chi connectivity index (χ0n) is 9.52. The maximum absolute atomic E-state index is 11.3. The maximum Gasteiger partial charge on any atom is 0.422 e. The Balaban J connectivity index is 5.40. The molecule has 88 valence electrons. The molecule has 15 heavy (non-hydrogen) atoms. The van der Waals surface area contributed by atoms with Gasteiger partial charge in [0.15, 0.2) is 5.54 Å². The summed E-state index contributed by atoms with van der Waals surface area (Å²) in [7, 11) is -0.885. The van der Waals surface area contributed by atoms with Crippen LogP contribution in [0.25, 0.3) is 0 Å². The van der Waals surface area contributed by atoms with Gasteiger partial charge < -0.3 is 10.2 Å². The van der Waals surface area contributed by atoms with Crippen molar-refractivity contribution in [2.24, 2.45) is 5.92 Å². The lowest BCUT2D eigenvalue weighted by Gasteiger charge is -2.35. The SMILES string of the molecule is CC(C)N([PH+]=O)C(CO)(C(=O)O)C(C)C. The number of hydrogen-bond acceptors (Lipinski definition) is 3. The molecule has 0 amide bonds. The molecule has 2 unspecified atom stereocenters.